The molecule has 0 atom stereocenters. The minimum Gasteiger partial charge on any atom is 0 e. The van der Waals surface area contributed by atoms with Gasteiger partial charge in [0.25, 0.3) is 0 Å². The summed E-state index contributed by atoms with van der Waals surface area (Å²) < 4.78 is 0. The van der Waals surface area contributed by atoms with Crippen LogP contribution >= 0.6 is 0 Å². The Morgan fingerprint density at radius 2 is 1.00 bits per heavy atom. The second-order valence-corrected chi connectivity index (χ2v) is 0. The molecule has 30 valence electrons. The van der Waals surface area contributed by atoms with Gasteiger partial charge in [-0.2, -0.15) is 0 Å². The summed E-state index contributed by atoms with van der Waals surface area (Å²) in [5.74, 6) is 0. The van der Waals surface area contributed by atoms with E-state index in [2.05, 4.69) is 0 Å². The fraction of sp³-hybridized carbons (Fsp3) is 0. The van der Waals surface area contributed by atoms with Crippen molar-refractivity contribution in [3.8, 4) is 0 Å². The molecule has 0 aliphatic heterocycles. The second kappa shape index (κ2) is 15.7. The van der Waals surface area contributed by atoms with Crippen LogP contribution in [0.25, 0.3) is 0 Å². The molecule has 4 heavy (non-hydrogen) atoms. The predicted molar refractivity (Wildman–Crippen MR) is 0 cm³/mol. The van der Waals surface area contributed by atoms with Crippen LogP contribution in [0.3, 0.4) is 0 Å². The maximum absolute atomic E-state index is 0. The van der Waals surface area contributed by atoms with Gasteiger partial charge in [0.15, 0.2) is 0 Å². The molecular formula is CeGdPtRu. The molecular weight excluding hydrogens is 594 g/mol. The first-order valence-corrected chi connectivity index (χ1v) is 0. The molecule has 0 nitrogen and oxygen atoms in total. The summed E-state index contributed by atoms with van der Waals surface area (Å²) in [6.45, 7) is 0. The Hall–Kier alpha value is 4.01. The zero-order valence-corrected chi connectivity index (χ0v) is 10.9. The Kier molecular flexibility index (Phi) is 96.3. The van der Waals surface area contributed by atoms with E-state index in [4.69, 9.17) is 0 Å². The summed E-state index contributed by atoms with van der Waals surface area (Å²) >= 11 is 0. The van der Waals surface area contributed by atoms with E-state index in [1.165, 1.54) is 0 Å². The largest absolute Gasteiger partial charge is 0 e. The van der Waals surface area contributed by atoms with E-state index in [0.29, 0.717) is 0 Å². The molecule has 0 rings (SSSR count). The Balaban J connectivity index is 0. The van der Waals surface area contributed by atoms with Crippen LogP contribution in [0, 0.1) is 81.7 Å². The van der Waals surface area contributed by atoms with Gasteiger partial charge >= 0.3 is 0 Å². The Labute approximate surface area is 119 Å². The average Bonchev–Trinajstić information content (AvgIpc) is 0. The quantitative estimate of drug-likeness (QED) is 0.347. The van der Waals surface area contributed by atoms with Crippen LogP contribution in [0.4, 0.5) is 0 Å². The third-order valence-corrected chi connectivity index (χ3v) is 0. The van der Waals surface area contributed by atoms with E-state index in [-0.39, 0.29) is 122 Å². The molecule has 0 aromatic rings. The predicted octanol–water partition coefficient (Wildman–Crippen LogP) is -0.00500. The molecule has 0 aliphatic carbocycles. The summed E-state index contributed by atoms with van der Waals surface area (Å²) in [5.41, 5.74) is 0. The molecule has 0 heterocycles. The molecule has 0 spiro atoms. The van der Waals surface area contributed by atoms with E-state index in [9.17, 15) is 0 Å². The van der Waals surface area contributed by atoms with Crippen LogP contribution in [-0.4, -0.2) is 0 Å². The van der Waals surface area contributed by atoms with Gasteiger partial charge in [-0.25, -0.2) is 0 Å². The molecule has 4 heteroatoms. The van der Waals surface area contributed by atoms with Crippen molar-refractivity contribution in [2.75, 3.05) is 0 Å². The van der Waals surface area contributed by atoms with Gasteiger partial charge in [-0.3, -0.25) is 0 Å². The average molecular weight is 594 g/mol. The van der Waals surface area contributed by atoms with E-state index in [1.807, 2.05) is 0 Å². The van der Waals surface area contributed by atoms with Gasteiger partial charge in [-0.05, 0) is 0 Å². The van der Waals surface area contributed by atoms with E-state index in [1.54, 1.807) is 0 Å². The van der Waals surface area contributed by atoms with Gasteiger partial charge in [0.05, 0.1) is 0 Å². The van der Waals surface area contributed by atoms with Crippen molar-refractivity contribution in [3.63, 3.8) is 0 Å². The first kappa shape index (κ1) is 24.5. The minimum atomic E-state index is 0. The zero-order chi connectivity index (χ0) is 0. The first-order valence-electron chi connectivity index (χ1n) is 0. The fourth-order valence-electron chi connectivity index (χ4n) is 0. The van der Waals surface area contributed by atoms with E-state index in [0.717, 1.165) is 0 Å². The number of hydrogen-bond acceptors (Lipinski definition) is 0. The molecule has 0 radical (unpaired) electrons. The van der Waals surface area contributed by atoms with Crippen LogP contribution in [0.5, 0.6) is 0 Å². The summed E-state index contributed by atoms with van der Waals surface area (Å²) in [5, 5.41) is 0. The van der Waals surface area contributed by atoms with Crippen molar-refractivity contribution in [1.82, 2.24) is 0 Å². The molecule has 0 aromatic heterocycles. The Bertz CT molecular complexity index is 8.00. The van der Waals surface area contributed by atoms with Gasteiger partial charge in [0.1, 0.15) is 0 Å². The molecule has 0 aliphatic rings. The van der Waals surface area contributed by atoms with Gasteiger partial charge in [-0.15, -0.1) is 0 Å². The minimum absolute atomic E-state index is 0. The van der Waals surface area contributed by atoms with Gasteiger partial charge in [0, 0.05) is 122 Å². The normalized spacial score (nSPS) is 0. The molecule has 0 fully saturated rings. The third-order valence-electron chi connectivity index (χ3n) is 0. The van der Waals surface area contributed by atoms with E-state index < -0.39 is 0 Å². The molecule has 0 unspecified atom stereocenters. The van der Waals surface area contributed by atoms with Crippen LogP contribution in [0.2, 0.25) is 0 Å². The molecule has 0 saturated heterocycles. The van der Waals surface area contributed by atoms with Crippen molar-refractivity contribution in [1.29, 1.82) is 0 Å². The van der Waals surface area contributed by atoms with E-state index >= 15 is 0 Å². The zero-order valence-electron chi connectivity index (χ0n) is 1.52. The topological polar surface area (TPSA) is 0 Å². The van der Waals surface area contributed by atoms with Gasteiger partial charge in [0.2, 0.25) is 0 Å². The van der Waals surface area contributed by atoms with Crippen molar-refractivity contribution >= 4 is 0 Å². The number of hydrogen-bond donors (Lipinski definition) is 0. The summed E-state index contributed by atoms with van der Waals surface area (Å²) in [7, 11) is 0. The van der Waals surface area contributed by atoms with Crippen LogP contribution < -0.4 is 0 Å². The SMILES string of the molecule is [Ce].[Gd].[Pt].[Ru]. The van der Waals surface area contributed by atoms with Crippen molar-refractivity contribution in [2.24, 2.45) is 0 Å². The smallest absolute Gasteiger partial charge is 0 e. The summed E-state index contributed by atoms with van der Waals surface area (Å²) in [4.78, 5) is 0. The van der Waals surface area contributed by atoms with Crippen LogP contribution in [0.15, 0.2) is 0 Å². The molecule has 0 saturated carbocycles. The van der Waals surface area contributed by atoms with Crippen molar-refractivity contribution < 1.29 is 122 Å². The Morgan fingerprint density at radius 3 is 1.00 bits per heavy atom. The van der Waals surface area contributed by atoms with Gasteiger partial charge < -0.3 is 0 Å². The van der Waals surface area contributed by atoms with Crippen molar-refractivity contribution in [3.05, 3.63) is 0 Å². The fourth-order valence-corrected chi connectivity index (χ4v) is 0. The molecule has 0 amide bonds. The maximum Gasteiger partial charge on any atom is 0 e. The molecule has 0 N–H and O–H groups in total. The second-order valence-electron chi connectivity index (χ2n) is 0. The van der Waals surface area contributed by atoms with Crippen molar-refractivity contribution in [2.45, 2.75) is 0 Å². The van der Waals surface area contributed by atoms with Crippen LogP contribution in [0.1, 0.15) is 0 Å². The molecule has 0 aromatic carbocycles. The Morgan fingerprint density at radius 1 is 1.00 bits per heavy atom. The summed E-state index contributed by atoms with van der Waals surface area (Å²) in [6.07, 6.45) is 0. The van der Waals surface area contributed by atoms with Gasteiger partial charge in [-0.1, -0.05) is 0 Å². The van der Waals surface area contributed by atoms with Crippen LogP contribution in [-0.2, 0) is 40.5 Å². The maximum atomic E-state index is 0. The summed E-state index contributed by atoms with van der Waals surface area (Å²) in [6, 6.07) is 0. The molecule has 0 bridgehead atoms. The first-order chi connectivity index (χ1) is 0. The number of rotatable bonds is 0. The standard InChI is InChI=1S/Ce.Gd.Pt.Ru. The third kappa shape index (κ3) is 9.38. The monoisotopic (exact) mass is 595 g/mol.